The minimum absolute atomic E-state index is 0.202. The molecule has 0 aliphatic heterocycles. The fraction of sp³-hybridized carbons (Fsp3) is 0.188. The van der Waals surface area contributed by atoms with Crippen LogP contribution in [0, 0.1) is 6.92 Å². The van der Waals surface area contributed by atoms with E-state index in [2.05, 4.69) is 15.2 Å². The van der Waals surface area contributed by atoms with Gasteiger partial charge in [-0.3, -0.25) is 4.98 Å². The SMILES string of the molecule is COc1ccc(-c2nnc(COc3ccc(C)nc3)o2)cc1. The Kier molecular flexibility index (Phi) is 4.00. The molecule has 0 fully saturated rings. The van der Waals surface area contributed by atoms with Crippen LogP contribution in [0.5, 0.6) is 11.5 Å². The fourth-order valence-electron chi connectivity index (χ4n) is 1.85. The smallest absolute Gasteiger partial charge is 0.254 e. The van der Waals surface area contributed by atoms with Gasteiger partial charge >= 0.3 is 0 Å². The van der Waals surface area contributed by atoms with Gasteiger partial charge in [-0.25, -0.2) is 0 Å². The molecule has 0 unspecified atom stereocenters. The second-order valence-electron chi connectivity index (χ2n) is 4.65. The third-order valence-electron chi connectivity index (χ3n) is 3.05. The van der Waals surface area contributed by atoms with Crippen LogP contribution in [0.2, 0.25) is 0 Å². The number of methoxy groups -OCH3 is 1. The van der Waals surface area contributed by atoms with Crippen molar-refractivity contribution in [3.05, 3.63) is 54.2 Å². The monoisotopic (exact) mass is 297 g/mol. The van der Waals surface area contributed by atoms with Gasteiger partial charge in [0.2, 0.25) is 5.89 Å². The molecule has 0 bridgehead atoms. The lowest BCUT2D eigenvalue weighted by Crippen LogP contribution is -1.96. The molecule has 0 aliphatic rings. The highest BCUT2D eigenvalue weighted by Gasteiger charge is 2.09. The molecule has 0 amide bonds. The summed E-state index contributed by atoms with van der Waals surface area (Å²) in [6.45, 7) is 2.12. The highest BCUT2D eigenvalue weighted by atomic mass is 16.5. The number of rotatable bonds is 5. The van der Waals surface area contributed by atoms with Gasteiger partial charge in [-0.05, 0) is 43.3 Å². The molecule has 22 heavy (non-hydrogen) atoms. The Balaban J connectivity index is 1.66. The van der Waals surface area contributed by atoms with E-state index in [9.17, 15) is 0 Å². The van der Waals surface area contributed by atoms with Crippen LogP contribution in [0.15, 0.2) is 47.0 Å². The number of nitrogens with zero attached hydrogens (tertiary/aromatic N) is 3. The Morgan fingerprint density at radius 3 is 2.45 bits per heavy atom. The highest BCUT2D eigenvalue weighted by molar-refractivity contribution is 5.53. The van der Waals surface area contributed by atoms with Crippen LogP contribution in [0.1, 0.15) is 11.6 Å². The van der Waals surface area contributed by atoms with Gasteiger partial charge in [-0.2, -0.15) is 0 Å². The van der Waals surface area contributed by atoms with E-state index in [1.54, 1.807) is 13.3 Å². The standard InChI is InChI=1S/C16H15N3O3/c1-11-3-6-14(9-17-11)21-10-15-18-19-16(22-15)12-4-7-13(20-2)8-5-12/h3-9H,10H2,1-2H3. The maximum atomic E-state index is 5.58. The summed E-state index contributed by atoms with van der Waals surface area (Å²) in [6, 6.07) is 11.1. The lowest BCUT2D eigenvalue weighted by Gasteiger charge is -2.02. The molecular weight excluding hydrogens is 282 g/mol. The average molecular weight is 297 g/mol. The Bertz CT molecular complexity index is 736. The van der Waals surface area contributed by atoms with E-state index >= 15 is 0 Å². The number of hydrogen-bond acceptors (Lipinski definition) is 6. The van der Waals surface area contributed by atoms with E-state index in [0.717, 1.165) is 17.0 Å². The summed E-state index contributed by atoms with van der Waals surface area (Å²) in [5.41, 5.74) is 1.77. The summed E-state index contributed by atoms with van der Waals surface area (Å²) < 4.78 is 16.2. The van der Waals surface area contributed by atoms with Crippen molar-refractivity contribution in [2.45, 2.75) is 13.5 Å². The number of ether oxygens (including phenoxy) is 2. The van der Waals surface area contributed by atoms with Crippen LogP contribution >= 0.6 is 0 Å². The first kappa shape index (κ1) is 14.1. The molecular formula is C16H15N3O3. The van der Waals surface area contributed by atoms with Crippen molar-refractivity contribution in [3.63, 3.8) is 0 Å². The van der Waals surface area contributed by atoms with Crippen molar-refractivity contribution < 1.29 is 13.9 Å². The third kappa shape index (κ3) is 3.22. The van der Waals surface area contributed by atoms with E-state index < -0.39 is 0 Å². The molecule has 3 rings (SSSR count). The van der Waals surface area contributed by atoms with Crippen molar-refractivity contribution in [2.75, 3.05) is 7.11 Å². The molecule has 1 aromatic carbocycles. The normalized spacial score (nSPS) is 10.5. The quantitative estimate of drug-likeness (QED) is 0.721. The number of benzene rings is 1. The van der Waals surface area contributed by atoms with Crippen LogP contribution in [0.3, 0.4) is 0 Å². The Hall–Kier alpha value is -2.89. The fourth-order valence-corrected chi connectivity index (χ4v) is 1.85. The Labute approximate surface area is 127 Å². The van der Waals surface area contributed by atoms with Gasteiger partial charge in [0.25, 0.3) is 5.89 Å². The molecule has 0 radical (unpaired) electrons. The predicted molar refractivity (Wildman–Crippen MR) is 79.6 cm³/mol. The van der Waals surface area contributed by atoms with Gasteiger partial charge in [0.1, 0.15) is 11.5 Å². The molecule has 0 N–H and O–H groups in total. The van der Waals surface area contributed by atoms with E-state index in [1.807, 2.05) is 43.3 Å². The van der Waals surface area contributed by atoms with Crippen LogP contribution in [-0.4, -0.2) is 22.3 Å². The molecule has 6 heteroatoms. The van der Waals surface area contributed by atoms with E-state index in [4.69, 9.17) is 13.9 Å². The topological polar surface area (TPSA) is 70.3 Å². The molecule has 2 heterocycles. The molecule has 6 nitrogen and oxygen atoms in total. The lowest BCUT2D eigenvalue weighted by molar-refractivity contribution is 0.263. The molecule has 0 saturated heterocycles. The average Bonchev–Trinajstić information content (AvgIpc) is 3.03. The molecule has 0 spiro atoms. The summed E-state index contributed by atoms with van der Waals surface area (Å²) >= 11 is 0. The largest absolute Gasteiger partial charge is 0.497 e. The third-order valence-corrected chi connectivity index (χ3v) is 3.05. The molecule has 3 aromatic rings. The van der Waals surface area contributed by atoms with Gasteiger partial charge in [0.05, 0.1) is 13.3 Å². The number of hydrogen-bond donors (Lipinski definition) is 0. The van der Waals surface area contributed by atoms with Crippen LogP contribution in [0.4, 0.5) is 0 Å². The van der Waals surface area contributed by atoms with Gasteiger partial charge < -0.3 is 13.9 Å². The summed E-state index contributed by atoms with van der Waals surface area (Å²) in [4.78, 5) is 4.16. The van der Waals surface area contributed by atoms with E-state index in [1.165, 1.54) is 0 Å². The second kappa shape index (κ2) is 6.26. The zero-order chi connectivity index (χ0) is 15.4. The zero-order valence-electron chi connectivity index (χ0n) is 12.3. The van der Waals surface area contributed by atoms with Crippen molar-refractivity contribution in [2.24, 2.45) is 0 Å². The Morgan fingerprint density at radius 2 is 1.77 bits per heavy atom. The summed E-state index contributed by atoms with van der Waals surface area (Å²) in [7, 11) is 1.62. The van der Waals surface area contributed by atoms with Crippen LogP contribution < -0.4 is 9.47 Å². The zero-order valence-corrected chi connectivity index (χ0v) is 12.3. The van der Waals surface area contributed by atoms with Crippen molar-refractivity contribution in [1.82, 2.24) is 15.2 Å². The number of aryl methyl sites for hydroxylation is 1. The van der Waals surface area contributed by atoms with Gasteiger partial charge in [0.15, 0.2) is 6.61 Å². The molecule has 2 aromatic heterocycles. The summed E-state index contributed by atoms with van der Waals surface area (Å²) in [6.07, 6.45) is 1.66. The van der Waals surface area contributed by atoms with Crippen molar-refractivity contribution in [1.29, 1.82) is 0 Å². The molecule has 0 saturated carbocycles. The lowest BCUT2D eigenvalue weighted by atomic mass is 10.2. The van der Waals surface area contributed by atoms with Crippen molar-refractivity contribution >= 4 is 0 Å². The number of aromatic nitrogens is 3. The minimum atomic E-state index is 0.202. The first-order valence-corrected chi connectivity index (χ1v) is 6.77. The summed E-state index contributed by atoms with van der Waals surface area (Å²) in [5.74, 6) is 2.29. The first-order chi connectivity index (χ1) is 10.7. The second-order valence-corrected chi connectivity index (χ2v) is 4.65. The molecule has 112 valence electrons. The first-order valence-electron chi connectivity index (χ1n) is 6.77. The van der Waals surface area contributed by atoms with Gasteiger partial charge in [-0.1, -0.05) is 0 Å². The summed E-state index contributed by atoms with van der Waals surface area (Å²) in [5, 5.41) is 7.99. The maximum Gasteiger partial charge on any atom is 0.254 e. The molecule has 0 aliphatic carbocycles. The Morgan fingerprint density at radius 1 is 1.00 bits per heavy atom. The van der Waals surface area contributed by atoms with Gasteiger partial charge in [0, 0.05) is 11.3 Å². The number of pyridine rings is 1. The highest BCUT2D eigenvalue weighted by Crippen LogP contribution is 2.21. The van der Waals surface area contributed by atoms with Crippen LogP contribution in [0.25, 0.3) is 11.5 Å². The van der Waals surface area contributed by atoms with E-state index in [-0.39, 0.29) is 6.61 Å². The van der Waals surface area contributed by atoms with Crippen molar-refractivity contribution in [3.8, 4) is 23.0 Å². The molecule has 0 atom stereocenters. The van der Waals surface area contributed by atoms with E-state index in [0.29, 0.717) is 17.5 Å². The van der Waals surface area contributed by atoms with Crippen LogP contribution in [-0.2, 0) is 6.61 Å². The predicted octanol–water partition coefficient (Wildman–Crippen LogP) is 3.03. The maximum absolute atomic E-state index is 5.58. The minimum Gasteiger partial charge on any atom is -0.497 e. The van der Waals surface area contributed by atoms with Gasteiger partial charge in [-0.15, -0.1) is 10.2 Å².